The van der Waals surface area contributed by atoms with Gasteiger partial charge in [0.05, 0.1) is 11.6 Å². The van der Waals surface area contributed by atoms with Gasteiger partial charge in [-0.15, -0.1) is 0 Å². The van der Waals surface area contributed by atoms with Crippen LogP contribution in [0.5, 0.6) is 0 Å². The first-order valence-electron chi connectivity index (χ1n) is 6.76. The van der Waals surface area contributed by atoms with Gasteiger partial charge in [-0.2, -0.15) is 0 Å². The molecule has 1 aliphatic rings. The largest absolute Gasteiger partial charge is 0.391 e. The van der Waals surface area contributed by atoms with E-state index in [0.29, 0.717) is 25.8 Å². The highest BCUT2D eigenvalue weighted by Crippen LogP contribution is 2.24. The van der Waals surface area contributed by atoms with Gasteiger partial charge in [0, 0.05) is 19.1 Å². The van der Waals surface area contributed by atoms with Crippen molar-refractivity contribution in [2.75, 3.05) is 27.2 Å². The van der Waals surface area contributed by atoms with Gasteiger partial charge in [0.2, 0.25) is 5.91 Å². The highest BCUT2D eigenvalue weighted by molar-refractivity contribution is 5.86. The summed E-state index contributed by atoms with van der Waals surface area (Å²) >= 11 is 0. The summed E-state index contributed by atoms with van der Waals surface area (Å²) in [5, 5.41) is 9.79. The number of nitrogens with two attached hydrogens (primary N) is 1. The van der Waals surface area contributed by atoms with Crippen LogP contribution in [0.3, 0.4) is 0 Å². The number of likely N-dealkylation sites (tertiary alicyclic amines) is 1. The second kappa shape index (κ2) is 5.99. The number of hydrogen-bond acceptors (Lipinski definition) is 4. The van der Waals surface area contributed by atoms with E-state index in [1.165, 1.54) is 0 Å². The lowest BCUT2D eigenvalue weighted by Crippen LogP contribution is -2.57. The molecule has 0 aromatic heterocycles. The van der Waals surface area contributed by atoms with E-state index in [-0.39, 0.29) is 11.9 Å². The first-order chi connectivity index (χ1) is 8.34. The van der Waals surface area contributed by atoms with Crippen molar-refractivity contribution in [2.45, 2.75) is 50.8 Å². The summed E-state index contributed by atoms with van der Waals surface area (Å²) in [5.74, 6) is -0.0177. The van der Waals surface area contributed by atoms with Crippen molar-refractivity contribution >= 4 is 5.91 Å². The normalized spacial score (nSPS) is 24.9. The third kappa shape index (κ3) is 3.22. The Balaban J connectivity index is 2.82. The van der Waals surface area contributed by atoms with Gasteiger partial charge < -0.3 is 20.6 Å². The van der Waals surface area contributed by atoms with E-state index in [2.05, 4.69) is 0 Å². The quantitative estimate of drug-likeness (QED) is 0.729. The number of β-amino-alcohol motifs (C(OH)–C–C–N with tert-alkyl or cyclic N) is 1. The SMILES string of the molecule is CCC(N)(CC)C(=O)N1CC(O)CC1CN(C)C. The van der Waals surface area contributed by atoms with Crippen molar-refractivity contribution in [1.82, 2.24) is 9.80 Å². The molecule has 0 aromatic rings. The van der Waals surface area contributed by atoms with Gasteiger partial charge in [-0.1, -0.05) is 13.8 Å². The second-order valence-corrected chi connectivity index (χ2v) is 5.63. The van der Waals surface area contributed by atoms with E-state index < -0.39 is 11.6 Å². The number of rotatable bonds is 5. The maximum absolute atomic E-state index is 12.5. The van der Waals surface area contributed by atoms with Crippen molar-refractivity contribution in [3.63, 3.8) is 0 Å². The van der Waals surface area contributed by atoms with Crippen LogP contribution in [0, 0.1) is 0 Å². The van der Waals surface area contributed by atoms with Crippen LogP contribution in [0.15, 0.2) is 0 Å². The lowest BCUT2D eigenvalue weighted by atomic mass is 9.92. The topological polar surface area (TPSA) is 69.8 Å². The molecular weight excluding hydrogens is 230 g/mol. The van der Waals surface area contributed by atoms with Gasteiger partial charge >= 0.3 is 0 Å². The third-order valence-electron chi connectivity index (χ3n) is 3.92. The summed E-state index contributed by atoms with van der Waals surface area (Å²) in [5.41, 5.74) is 5.39. The Labute approximate surface area is 110 Å². The van der Waals surface area contributed by atoms with Gasteiger partial charge in [0.25, 0.3) is 0 Å². The Hall–Kier alpha value is -0.650. The van der Waals surface area contributed by atoms with Gasteiger partial charge in [0.1, 0.15) is 0 Å². The molecule has 1 heterocycles. The average molecular weight is 257 g/mol. The molecule has 5 heteroatoms. The number of carbonyl (C=O) groups is 1. The molecule has 2 unspecified atom stereocenters. The van der Waals surface area contributed by atoms with Crippen LogP contribution < -0.4 is 5.73 Å². The lowest BCUT2D eigenvalue weighted by Gasteiger charge is -2.35. The van der Waals surface area contributed by atoms with E-state index >= 15 is 0 Å². The molecule has 0 aliphatic carbocycles. The maximum Gasteiger partial charge on any atom is 0.243 e. The fourth-order valence-corrected chi connectivity index (χ4v) is 2.57. The Morgan fingerprint density at radius 2 is 2.00 bits per heavy atom. The van der Waals surface area contributed by atoms with E-state index in [4.69, 9.17) is 5.73 Å². The second-order valence-electron chi connectivity index (χ2n) is 5.63. The van der Waals surface area contributed by atoms with Gasteiger partial charge in [-0.05, 0) is 33.4 Å². The summed E-state index contributed by atoms with van der Waals surface area (Å²) in [6.45, 7) is 5.06. The Morgan fingerprint density at radius 3 is 2.44 bits per heavy atom. The molecule has 0 aromatic carbocycles. The molecule has 106 valence electrons. The molecular formula is C13H27N3O2. The molecule has 5 nitrogen and oxygen atoms in total. The minimum absolute atomic E-state index is 0.0177. The molecule has 1 saturated heterocycles. The van der Waals surface area contributed by atoms with E-state index in [0.717, 1.165) is 6.54 Å². The number of carbonyl (C=O) groups excluding carboxylic acids is 1. The number of aliphatic hydroxyl groups excluding tert-OH is 1. The van der Waals surface area contributed by atoms with E-state index in [9.17, 15) is 9.90 Å². The fraction of sp³-hybridized carbons (Fsp3) is 0.923. The number of nitrogens with zero attached hydrogens (tertiary/aromatic N) is 2. The summed E-state index contributed by atoms with van der Waals surface area (Å²) in [6.07, 6.45) is 1.48. The number of aliphatic hydroxyl groups is 1. The van der Waals surface area contributed by atoms with Crippen LogP contribution in [0.4, 0.5) is 0 Å². The molecule has 0 saturated carbocycles. The predicted molar refractivity (Wildman–Crippen MR) is 72.2 cm³/mol. The Kier molecular flexibility index (Phi) is 5.13. The van der Waals surface area contributed by atoms with Crippen LogP contribution in [-0.4, -0.2) is 65.7 Å². The highest BCUT2D eigenvalue weighted by atomic mass is 16.3. The Morgan fingerprint density at radius 1 is 1.44 bits per heavy atom. The summed E-state index contributed by atoms with van der Waals surface area (Å²) in [6, 6.07) is 0.0727. The van der Waals surface area contributed by atoms with E-state index in [1.54, 1.807) is 4.90 Å². The molecule has 2 atom stereocenters. The molecule has 1 fully saturated rings. The summed E-state index contributed by atoms with van der Waals surface area (Å²) < 4.78 is 0. The number of hydrogen-bond donors (Lipinski definition) is 2. The molecule has 0 radical (unpaired) electrons. The van der Waals surface area contributed by atoms with Crippen LogP contribution in [0.2, 0.25) is 0 Å². The van der Waals surface area contributed by atoms with Crippen molar-refractivity contribution in [3.05, 3.63) is 0 Å². The van der Waals surface area contributed by atoms with Gasteiger partial charge in [-0.3, -0.25) is 4.79 Å². The summed E-state index contributed by atoms with van der Waals surface area (Å²) in [4.78, 5) is 16.4. The average Bonchev–Trinajstić information content (AvgIpc) is 2.67. The Bertz CT molecular complexity index is 290. The standard InChI is InChI=1S/C13H27N3O2/c1-5-13(14,6-2)12(18)16-9-11(17)7-10(16)8-15(3)4/h10-11,17H,5-9,14H2,1-4H3. The monoisotopic (exact) mass is 257 g/mol. The van der Waals surface area contributed by atoms with Crippen LogP contribution in [-0.2, 0) is 4.79 Å². The predicted octanol–water partition coefficient (Wildman–Crippen LogP) is 0.0273. The first kappa shape index (κ1) is 15.4. The molecule has 0 spiro atoms. The lowest BCUT2D eigenvalue weighted by molar-refractivity contribution is -0.138. The first-order valence-corrected chi connectivity index (χ1v) is 6.76. The van der Waals surface area contributed by atoms with Crippen LogP contribution in [0.25, 0.3) is 0 Å². The third-order valence-corrected chi connectivity index (χ3v) is 3.92. The van der Waals surface area contributed by atoms with Crippen molar-refractivity contribution in [3.8, 4) is 0 Å². The zero-order valence-electron chi connectivity index (χ0n) is 12.0. The van der Waals surface area contributed by atoms with Crippen molar-refractivity contribution in [2.24, 2.45) is 5.73 Å². The number of amides is 1. The molecule has 1 amide bonds. The van der Waals surface area contributed by atoms with Crippen molar-refractivity contribution in [1.29, 1.82) is 0 Å². The minimum Gasteiger partial charge on any atom is -0.391 e. The zero-order valence-corrected chi connectivity index (χ0v) is 12.0. The zero-order chi connectivity index (χ0) is 13.9. The van der Waals surface area contributed by atoms with Crippen LogP contribution >= 0.6 is 0 Å². The van der Waals surface area contributed by atoms with Crippen molar-refractivity contribution < 1.29 is 9.90 Å². The molecule has 1 aliphatic heterocycles. The number of likely N-dealkylation sites (N-methyl/N-ethyl adjacent to an activating group) is 1. The summed E-state index contributed by atoms with van der Waals surface area (Å²) in [7, 11) is 3.95. The fourth-order valence-electron chi connectivity index (χ4n) is 2.57. The van der Waals surface area contributed by atoms with Crippen LogP contribution in [0.1, 0.15) is 33.1 Å². The van der Waals surface area contributed by atoms with Gasteiger partial charge in [0.15, 0.2) is 0 Å². The molecule has 0 bridgehead atoms. The minimum atomic E-state index is -0.783. The molecule has 18 heavy (non-hydrogen) atoms. The van der Waals surface area contributed by atoms with Gasteiger partial charge in [-0.25, -0.2) is 0 Å². The molecule has 3 N–H and O–H groups in total. The highest BCUT2D eigenvalue weighted by Gasteiger charge is 2.41. The van der Waals surface area contributed by atoms with E-state index in [1.807, 2.05) is 32.8 Å². The molecule has 1 rings (SSSR count). The maximum atomic E-state index is 12.5. The smallest absolute Gasteiger partial charge is 0.243 e.